The molecule has 1 aliphatic rings. The summed E-state index contributed by atoms with van der Waals surface area (Å²) in [7, 11) is 0. The van der Waals surface area contributed by atoms with E-state index in [0.717, 1.165) is 18.4 Å². The third-order valence-electron chi connectivity index (χ3n) is 3.42. The van der Waals surface area contributed by atoms with Crippen molar-refractivity contribution in [3.05, 3.63) is 62.3 Å². The maximum Gasteiger partial charge on any atom is 0.330 e. The summed E-state index contributed by atoms with van der Waals surface area (Å²) in [5.74, 6) is 0.213. The second kappa shape index (κ2) is 3.87. The van der Waals surface area contributed by atoms with Gasteiger partial charge in [0.2, 0.25) is 0 Å². The molecule has 1 aliphatic carbocycles. The summed E-state index contributed by atoms with van der Waals surface area (Å²) < 4.78 is 1.47. The molecule has 1 atom stereocenters. The minimum atomic E-state index is -0.458. The van der Waals surface area contributed by atoms with E-state index < -0.39 is 11.2 Å². The largest absolute Gasteiger partial charge is 0.385 e. The van der Waals surface area contributed by atoms with Gasteiger partial charge in [-0.15, -0.1) is 0 Å². The minimum absolute atomic E-state index is 0.0782. The highest BCUT2D eigenvalue weighted by Gasteiger charge is 2.25. The first-order valence-electron chi connectivity index (χ1n) is 5.86. The maximum atomic E-state index is 11.9. The molecule has 0 saturated carbocycles. The van der Waals surface area contributed by atoms with Crippen LogP contribution in [-0.2, 0) is 6.42 Å². The Morgan fingerprint density at radius 2 is 2.06 bits per heavy atom. The summed E-state index contributed by atoms with van der Waals surface area (Å²) in [4.78, 5) is 25.3. The van der Waals surface area contributed by atoms with Crippen LogP contribution < -0.4 is 17.0 Å². The van der Waals surface area contributed by atoms with Gasteiger partial charge in [0.05, 0.1) is 6.04 Å². The zero-order valence-corrected chi connectivity index (χ0v) is 9.72. The predicted octanol–water partition coefficient (Wildman–Crippen LogP) is 0.654. The normalized spacial score (nSPS) is 17.7. The van der Waals surface area contributed by atoms with Gasteiger partial charge in [0.1, 0.15) is 5.82 Å². The van der Waals surface area contributed by atoms with Gasteiger partial charge in [-0.2, -0.15) is 0 Å². The Hall–Kier alpha value is -2.30. The molecule has 5 heteroatoms. The van der Waals surface area contributed by atoms with Crippen LogP contribution in [0.3, 0.4) is 0 Å². The first kappa shape index (κ1) is 10.8. The van der Waals surface area contributed by atoms with Crippen molar-refractivity contribution in [3.63, 3.8) is 0 Å². The predicted molar refractivity (Wildman–Crippen MR) is 68.6 cm³/mol. The SMILES string of the molecule is Nc1cc(=O)[nH]c(=O)n1C1CCc2ccccc21. The molecule has 0 amide bonds. The highest BCUT2D eigenvalue weighted by Crippen LogP contribution is 2.33. The van der Waals surface area contributed by atoms with Crippen molar-refractivity contribution < 1.29 is 0 Å². The molecule has 1 heterocycles. The number of anilines is 1. The van der Waals surface area contributed by atoms with Gasteiger partial charge in [-0.3, -0.25) is 14.3 Å². The fraction of sp³-hybridized carbons (Fsp3) is 0.231. The number of H-pyrrole nitrogens is 1. The molecule has 18 heavy (non-hydrogen) atoms. The van der Waals surface area contributed by atoms with E-state index in [1.165, 1.54) is 16.2 Å². The lowest BCUT2D eigenvalue weighted by molar-refractivity contribution is 0.554. The van der Waals surface area contributed by atoms with Crippen LogP contribution >= 0.6 is 0 Å². The van der Waals surface area contributed by atoms with E-state index in [1.807, 2.05) is 18.2 Å². The average molecular weight is 243 g/mol. The van der Waals surface area contributed by atoms with E-state index in [1.54, 1.807) is 0 Å². The minimum Gasteiger partial charge on any atom is -0.385 e. The van der Waals surface area contributed by atoms with Gasteiger partial charge in [0, 0.05) is 6.07 Å². The second-order valence-electron chi connectivity index (χ2n) is 4.49. The first-order chi connectivity index (χ1) is 8.66. The van der Waals surface area contributed by atoms with Crippen LogP contribution in [0.1, 0.15) is 23.6 Å². The zero-order valence-electron chi connectivity index (χ0n) is 9.72. The Kier molecular flexibility index (Phi) is 2.33. The van der Waals surface area contributed by atoms with Crippen LogP contribution in [0, 0.1) is 0 Å². The summed E-state index contributed by atoms with van der Waals surface area (Å²) in [6.45, 7) is 0. The molecule has 0 aliphatic heterocycles. The number of fused-ring (bicyclic) bond motifs is 1. The lowest BCUT2D eigenvalue weighted by atomic mass is 10.1. The van der Waals surface area contributed by atoms with E-state index in [9.17, 15) is 9.59 Å². The van der Waals surface area contributed by atoms with Crippen LogP contribution in [0.4, 0.5) is 5.82 Å². The number of hydrogen-bond acceptors (Lipinski definition) is 3. The molecule has 3 N–H and O–H groups in total. The van der Waals surface area contributed by atoms with E-state index in [2.05, 4.69) is 11.1 Å². The third kappa shape index (κ3) is 1.55. The third-order valence-corrected chi connectivity index (χ3v) is 3.42. The number of nitrogens with zero attached hydrogens (tertiary/aromatic N) is 1. The van der Waals surface area contributed by atoms with E-state index in [4.69, 9.17) is 5.73 Å². The number of nitrogens with one attached hydrogen (secondary N) is 1. The number of aryl methyl sites for hydroxylation is 1. The summed E-state index contributed by atoms with van der Waals surface area (Å²) >= 11 is 0. The molecule has 0 saturated heterocycles. The van der Waals surface area contributed by atoms with Crippen molar-refractivity contribution >= 4 is 5.82 Å². The molecule has 92 valence electrons. The molecule has 0 fully saturated rings. The Balaban J connectivity index is 2.19. The van der Waals surface area contributed by atoms with E-state index in [0.29, 0.717) is 0 Å². The fourth-order valence-electron chi connectivity index (χ4n) is 2.65. The molecule has 1 aromatic heterocycles. The Morgan fingerprint density at radius 3 is 2.83 bits per heavy atom. The summed E-state index contributed by atoms with van der Waals surface area (Å²) in [6, 6.07) is 9.17. The standard InChI is InChI=1S/C13H13N3O2/c14-11-7-12(17)15-13(18)16(11)10-6-5-8-3-1-2-4-9(8)10/h1-4,7,10H,5-6,14H2,(H,15,17,18). The first-order valence-corrected chi connectivity index (χ1v) is 5.86. The molecule has 0 bridgehead atoms. The van der Waals surface area contributed by atoms with Crippen molar-refractivity contribution in [2.75, 3.05) is 5.73 Å². The number of aromatic amines is 1. The molecular formula is C13H13N3O2. The average Bonchev–Trinajstić information content (AvgIpc) is 2.72. The molecule has 0 radical (unpaired) electrons. The highest BCUT2D eigenvalue weighted by molar-refractivity contribution is 5.38. The zero-order chi connectivity index (χ0) is 12.7. The molecule has 0 spiro atoms. The van der Waals surface area contributed by atoms with Crippen molar-refractivity contribution in [3.8, 4) is 0 Å². The Bertz CT molecular complexity index is 715. The van der Waals surface area contributed by atoms with Crippen LogP contribution in [0.25, 0.3) is 0 Å². The van der Waals surface area contributed by atoms with Crippen LogP contribution in [0.15, 0.2) is 39.9 Å². The summed E-state index contributed by atoms with van der Waals surface area (Å²) in [5.41, 5.74) is 7.25. The van der Waals surface area contributed by atoms with Crippen molar-refractivity contribution in [2.24, 2.45) is 0 Å². The van der Waals surface area contributed by atoms with Gasteiger partial charge in [0.15, 0.2) is 0 Å². The van der Waals surface area contributed by atoms with Crippen LogP contribution in [0.5, 0.6) is 0 Å². The van der Waals surface area contributed by atoms with Gasteiger partial charge in [0.25, 0.3) is 5.56 Å². The van der Waals surface area contributed by atoms with Gasteiger partial charge >= 0.3 is 5.69 Å². The number of hydrogen-bond donors (Lipinski definition) is 2. The maximum absolute atomic E-state index is 11.9. The highest BCUT2D eigenvalue weighted by atomic mass is 16.2. The van der Waals surface area contributed by atoms with E-state index in [-0.39, 0.29) is 11.9 Å². The Morgan fingerprint density at radius 1 is 1.28 bits per heavy atom. The molecule has 5 nitrogen and oxygen atoms in total. The van der Waals surface area contributed by atoms with Gasteiger partial charge < -0.3 is 5.73 Å². The fourth-order valence-corrected chi connectivity index (χ4v) is 2.65. The lowest BCUT2D eigenvalue weighted by Gasteiger charge is -2.16. The monoisotopic (exact) mass is 243 g/mol. The second-order valence-corrected chi connectivity index (χ2v) is 4.49. The number of aromatic nitrogens is 2. The van der Waals surface area contributed by atoms with Crippen LogP contribution in [0.2, 0.25) is 0 Å². The summed E-state index contributed by atoms with van der Waals surface area (Å²) in [5, 5.41) is 0. The molecular weight excluding hydrogens is 230 g/mol. The van der Waals surface area contributed by atoms with Gasteiger partial charge in [-0.05, 0) is 24.0 Å². The lowest BCUT2D eigenvalue weighted by Crippen LogP contribution is -2.33. The molecule has 3 rings (SSSR count). The van der Waals surface area contributed by atoms with Gasteiger partial charge in [-0.1, -0.05) is 24.3 Å². The number of nitrogens with two attached hydrogens (primary N) is 1. The smallest absolute Gasteiger partial charge is 0.330 e. The number of nitrogen functional groups attached to an aromatic ring is 1. The number of rotatable bonds is 1. The molecule has 1 unspecified atom stereocenters. The number of benzene rings is 1. The van der Waals surface area contributed by atoms with Gasteiger partial charge in [-0.25, -0.2) is 4.79 Å². The Labute approximate surface area is 103 Å². The van der Waals surface area contributed by atoms with Crippen LogP contribution in [-0.4, -0.2) is 9.55 Å². The van der Waals surface area contributed by atoms with Crippen molar-refractivity contribution in [1.82, 2.24) is 9.55 Å². The summed E-state index contributed by atoms with van der Waals surface area (Å²) in [6.07, 6.45) is 1.75. The molecule has 1 aromatic carbocycles. The van der Waals surface area contributed by atoms with Crippen molar-refractivity contribution in [2.45, 2.75) is 18.9 Å². The van der Waals surface area contributed by atoms with E-state index >= 15 is 0 Å². The van der Waals surface area contributed by atoms with Crippen molar-refractivity contribution in [1.29, 1.82) is 0 Å². The quantitative estimate of drug-likeness (QED) is 0.771. The molecule has 2 aromatic rings. The topological polar surface area (TPSA) is 80.9 Å².